The SMILES string of the molecule is CCOC(=O)C1=C(C)NC(=O)N[C@@H]1c1ccc(OCC(=O)N/N=C\c2cccc(Oc3ccccc3)c2)c(OC)c1. The predicted octanol–water partition coefficient (Wildman–Crippen LogP) is 4.21. The van der Waals surface area contributed by atoms with Crippen LogP contribution in [-0.2, 0) is 14.3 Å². The van der Waals surface area contributed by atoms with Gasteiger partial charge in [0.15, 0.2) is 18.1 Å². The Hall–Kier alpha value is -5.32. The van der Waals surface area contributed by atoms with Crippen LogP contribution >= 0.6 is 0 Å². The first-order valence-electron chi connectivity index (χ1n) is 12.8. The average molecular weight is 559 g/mol. The first-order valence-corrected chi connectivity index (χ1v) is 12.8. The van der Waals surface area contributed by atoms with Gasteiger partial charge in [-0.2, -0.15) is 5.10 Å². The third-order valence-electron chi connectivity index (χ3n) is 5.88. The minimum atomic E-state index is -0.764. The van der Waals surface area contributed by atoms with E-state index in [2.05, 4.69) is 21.2 Å². The van der Waals surface area contributed by atoms with Crippen LogP contribution in [0.2, 0.25) is 0 Å². The van der Waals surface area contributed by atoms with Crippen LogP contribution < -0.4 is 30.3 Å². The molecular weight excluding hydrogens is 528 g/mol. The molecule has 4 rings (SSSR count). The smallest absolute Gasteiger partial charge is 0.338 e. The van der Waals surface area contributed by atoms with Gasteiger partial charge in [0.1, 0.15) is 11.5 Å². The Morgan fingerprint density at radius 1 is 1.00 bits per heavy atom. The average Bonchev–Trinajstić information content (AvgIpc) is 2.96. The van der Waals surface area contributed by atoms with Crippen molar-refractivity contribution in [3.8, 4) is 23.0 Å². The van der Waals surface area contributed by atoms with Crippen LogP contribution in [0, 0.1) is 0 Å². The second-order valence-corrected chi connectivity index (χ2v) is 8.77. The molecule has 0 fully saturated rings. The molecule has 1 aliphatic rings. The lowest BCUT2D eigenvalue weighted by Gasteiger charge is -2.28. The van der Waals surface area contributed by atoms with Crippen molar-refractivity contribution in [3.05, 3.63) is 95.2 Å². The van der Waals surface area contributed by atoms with Crippen LogP contribution in [0.3, 0.4) is 0 Å². The molecule has 0 radical (unpaired) electrons. The Labute approximate surface area is 237 Å². The van der Waals surface area contributed by atoms with Crippen molar-refractivity contribution in [1.29, 1.82) is 0 Å². The molecule has 1 aliphatic heterocycles. The number of amides is 3. The molecule has 11 nitrogen and oxygen atoms in total. The molecule has 3 aromatic rings. The monoisotopic (exact) mass is 558 g/mol. The van der Waals surface area contributed by atoms with Gasteiger partial charge in [-0.25, -0.2) is 15.0 Å². The fraction of sp³-hybridized carbons (Fsp3) is 0.200. The Bertz CT molecular complexity index is 1470. The predicted molar refractivity (Wildman–Crippen MR) is 151 cm³/mol. The molecule has 212 valence electrons. The van der Waals surface area contributed by atoms with E-state index in [1.807, 2.05) is 48.5 Å². The molecule has 3 aromatic carbocycles. The molecule has 0 bridgehead atoms. The van der Waals surface area contributed by atoms with Crippen LogP contribution in [0.1, 0.15) is 31.0 Å². The van der Waals surface area contributed by atoms with Gasteiger partial charge in [0.25, 0.3) is 5.91 Å². The number of urea groups is 1. The Morgan fingerprint density at radius 3 is 2.54 bits per heavy atom. The van der Waals surface area contributed by atoms with Crippen LogP contribution in [0.4, 0.5) is 4.79 Å². The topological polar surface area (TPSA) is 137 Å². The zero-order valence-corrected chi connectivity index (χ0v) is 22.8. The standard InChI is InChI=1S/C30H30N4O7/c1-4-39-29(36)27-19(2)32-30(37)33-28(27)21-13-14-24(25(16-21)38-3)40-18-26(35)34-31-17-20-9-8-12-23(15-20)41-22-10-6-5-7-11-22/h5-17,28H,4,18H2,1-3H3,(H,34,35)(H2,32,33,37)/b31-17-/t28-/m1/s1. The number of para-hydroxylation sites is 1. The molecule has 0 saturated carbocycles. The quantitative estimate of drug-likeness (QED) is 0.182. The van der Waals surface area contributed by atoms with Gasteiger partial charge in [-0.3, -0.25) is 4.79 Å². The summed E-state index contributed by atoms with van der Waals surface area (Å²) in [6, 6.07) is 20.3. The van der Waals surface area contributed by atoms with E-state index in [0.29, 0.717) is 34.3 Å². The van der Waals surface area contributed by atoms with Crippen LogP contribution in [0.15, 0.2) is 89.2 Å². The van der Waals surface area contributed by atoms with E-state index < -0.39 is 23.9 Å². The number of esters is 1. The van der Waals surface area contributed by atoms with E-state index in [4.69, 9.17) is 18.9 Å². The van der Waals surface area contributed by atoms with Gasteiger partial charge >= 0.3 is 12.0 Å². The summed E-state index contributed by atoms with van der Waals surface area (Å²) < 4.78 is 22.1. The van der Waals surface area contributed by atoms with Crippen molar-refractivity contribution in [3.63, 3.8) is 0 Å². The molecule has 3 N–H and O–H groups in total. The summed E-state index contributed by atoms with van der Waals surface area (Å²) in [5, 5.41) is 9.31. The largest absolute Gasteiger partial charge is 0.493 e. The summed E-state index contributed by atoms with van der Waals surface area (Å²) in [5.74, 6) is 0.909. The van der Waals surface area contributed by atoms with Crippen molar-refractivity contribution in [2.24, 2.45) is 5.10 Å². The molecule has 0 spiro atoms. The third-order valence-corrected chi connectivity index (χ3v) is 5.88. The highest BCUT2D eigenvalue weighted by Gasteiger charge is 2.32. The number of allylic oxidation sites excluding steroid dienone is 1. The summed E-state index contributed by atoms with van der Waals surface area (Å²) >= 11 is 0. The molecule has 0 unspecified atom stereocenters. The lowest BCUT2D eigenvalue weighted by atomic mass is 9.95. The third kappa shape index (κ3) is 7.63. The molecule has 1 atom stereocenters. The number of carbonyl (C=O) groups is 3. The lowest BCUT2D eigenvalue weighted by molar-refractivity contribution is -0.139. The van der Waals surface area contributed by atoms with Gasteiger partial charge in [-0.15, -0.1) is 0 Å². The van der Waals surface area contributed by atoms with Crippen LogP contribution in [-0.4, -0.2) is 44.4 Å². The highest BCUT2D eigenvalue weighted by atomic mass is 16.5. The van der Waals surface area contributed by atoms with Gasteiger partial charge in [0.05, 0.1) is 31.5 Å². The van der Waals surface area contributed by atoms with E-state index in [9.17, 15) is 14.4 Å². The highest BCUT2D eigenvalue weighted by Crippen LogP contribution is 2.34. The van der Waals surface area contributed by atoms with Crippen molar-refractivity contribution in [2.45, 2.75) is 19.9 Å². The number of hydrogen-bond acceptors (Lipinski definition) is 8. The molecule has 41 heavy (non-hydrogen) atoms. The van der Waals surface area contributed by atoms with Crippen molar-refractivity contribution >= 4 is 24.1 Å². The fourth-order valence-electron chi connectivity index (χ4n) is 4.04. The van der Waals surface area contributed by atoms with E-state index in [1.165, 1.54) is 13.3 Å². The van der Waals surface area contributed by atoms with Crippen LogP contribution in [0.25, 0.3) is 0 Å². The molecule has 0 aromatic heterocycles. The van der Waals surface area contributed by atoms with Crippen molar-refractivity contribution < 1.29 is 33.3 Å². The van der Waals surface area contributed by atoms with E-state index >= 15 is 0 Å². The zero-order valence-electron chi connectivity index (χ0n) is 22.8. The maximum Gasteiger partial charge on any atom is 0.338 e. The number of nitrogens with one attached hydrogen (secondary N) is 3. The summed E-state index contributed by atoms with van der Waals surface area (Å²) in [4.78, 5) is 37.1. The number of hydrogen-bond donors (Lipinski definition) is 3. The molecule has 11 heteroatoms. The summed E-state index contributed by atoms with van der Waals surface area (Å²) in [6.07, 6.45) is 1.50. The minimum Gasteiger partial charge on any atom is -0.493 e. The Kier molecular flexibility index (Phi) is 9.55. The van der Waals surface area contributed by atoms with Gasteiger partial charge in [0, 0.05) is 5.70 Å². The van der Waals surface area contributed by atoms with Crippen molar-refractivity contribution in [1.82, 2.24) is 16.1 Å². The second-order valence-electron chi connectivity index (χ2n) is 8.77. The number of hydrazone groups is 1. The molecule has 1 heterocycles. The fourth-order valence-corrected chi connectivity index (χ4v) is 4.04. The first kappa shape index (κ1) is 28.7. The van der Waals surface area contributed by atoms with Crippen molar-refractivity contribution in [2.75, 3.05) is 20.3 Å². The van der Waals surface area contributed by atoms with Gasteiger partial charge in [0.2, 0.25) is 0 Å². The molecular formula is C30H30N4O7. The van der Waals surface area contributed by atoms with Crippen LogP contribution in [0.5, 0.6) is 23.0 Å². The number of carbonyl (C=O) groups excluding carboxylic acids is 3. The normalized spacial score (nSPS) is 14.6. The van der Waals surface area contributed by atoms with E-state index in [1.54, 1.807) is 38.1 Å². The maximum atomic E-state index is 12.6. The first-order chi connectivity index (χ1) is 19.9. The number of nitrogens with zero attached hydrogens (tertiary/aromatic N) is 1. The Morgan fingerprint density at radius 2 is 1.78 bits per heavy atom. The molecule has 0 aliphatic carbocycles. The Balaban J connectivity index is 1.37. The number of ether oxygens (including phenoxy) is 4. The summed E-state index contributed by atoms with van der Waals surface area (Å²) in [6.45, 7) is 3.19. The highest BCUT2D eigenvalue weighted by molar-refractivity contribution is 5.95. The molecule has 0 saturated heterocycles. The summed E-state index contributed by atoms with van der Waals surface area (Å²) in [7, 11) is 1.44. The summed E-state index contributed by atoms with van der Waals surface area (Å²) in [5.41, 5.74) is 4.39. The number of rotatable bonds is 11. The van der Waals surface area contributed by atoms with Gasteiger partial charge < -0.3 is 29.6 Å². The molecule has 3 amide bonds. The minimum absolute atomic E-state index is 0.188. The number of methoxy groups -OCH3 is 1. The van der Waals surface area contributed by atoms with E-state index in [0.717, 1.165) is 5.56 Å². The zero-order chi connectivity index (χ0) is 29.2. The second kappa shape index (κ2) is 13.7. The van der Waals surface area contributed by atoms with Gasteiger partial charge in [-0.1, -0.05) is 36.4 Å². The maximum absolute atomic E-state index is 12.6. The van der Waals surface area contributed by atoms with Gasteiger partial charge in [-0.05, 0) is 61.4 Å². The number of benzene rings is 3. The lowest BCUT2D eigenvalue weighted by Crippen LogP contribution is -2.45. The van der Waals surface area contributed by atoms with E-state index in [-0.39, 0.29) is 18.8 Å².